The van der Waals surface area contributed by atoms with Crippen molar-refractivity contribution in [3.05, 3.63) is 33.3 Å². The van der Waals surface area contributed by atoms with E-state index in [0.717, 1.165) is 17.6 Å². The van der Waals surface area contributed by atoms with E-state index in [1.54, 1.807) is 18.2 Å². The van der Waals surface area contributed by atoms with E-state index in [4.69, 9.17) is 11.6 Å². The molecule has 17 heavy (non-hydrogen) atoms. The summed E-state index contributed by atoms with van der Waals surface area (Å²) in [6.07, 6.45) is 0. The van der Waals surface area contributed by atoms with E-state index in [9.17, 15) is 4.79 Å². The molecule has 0 aliphatic carbocycles. The molecular formula is C12H14BrClN2O. The Kier molecular flexibility index (Phi) is 3.76. The quantitative estimate of drug-likeness (QED) is 0.837. The van der Waals surface area contributed by atoms with Gasteiger partial charge in [-0.1, -0.05) is 11.6 Å². The summed E-state index contributed by atoms with van der Waals surface area (Å²) in [5.74, 6) is 0.0393. The molecule has 1 aromatic rings. The molecular weight excluding hydrogens is 304 g/mol. The van der Waals surface area contributed by atoms with Gasteiger partial charge in [-0.15, -0.1) is 0 Å². The lowest BCUT2D eigenvalue weighted by Crippen LogP contribution is -2.59. The van der Waals surface area contributed by atoms with Gasteiger partial charge in [-0.2, -0.15) is 0 Å². The minimum Gasteiger partial charge on any atom is -0.335 e. The highest BCUT2D eigenvalue weighted by Gasteiger charge is 2.33. The number of carbonyl (C=O) groups is 1. The molecule has 0 aromatic heterocycles. The molecule has 1 amide bonds. The van der Waals surface area contributed by atoms with Crippen molar-refractivity contribution in [2.75, 3.05) is 27.2 Å². The largest absolute Gasteiger partial charge is 0.335 e. The third-order valence-electron chi connectivity index (χ3n) is 3.04. The molecule has 2 rings (SSSR count). The van der Waals surface area contributed by atoms with Crippen molar-refractivity contribution in [1.29, 1.82) is 0 Å². The standard InChI is InChI=1S/C12H14BrClN2O/c1-15(2)9-6-16(7-9)12(17)10-5-8(14)3-4-11(10)13/h3-5,9H,6-7H2,1-2H3. The SMILES string of the molecule is CN(C)C1CN(C(=O)c2cc(Cl)ccc2Br)C1. The average molecular weight is 318 g/mol. The van der Waals surface area contributed by atoms with Crippen LogP contribution in [0.1, 0.15) is 10.4 Å². The highest BCUT2D eigenvalue weighted by atomic mass is 79.9. The van der Waals surface area contributed by atoms with Gasteiger partial charge in [-0.3, -0.25) is 4.79 Å². The number of hydrogen-bond acceptors (Lipinski definition) is 2. The lowest BCUT2D eigenvalue weighted by Gasteiger charge is -2.42. The number of rotatable bonds is 2. The molecule has 0 bridgehead atoms. The predicted molar refractivity (Wildman–Crippen MR) is 72.5 cm³/mol. The number of carbonyl (C=O) groups excluding carboxylic acids is 1. The van der Waals surface area contributed by atoms with Gasteiger partial charge in [0.2, 0.25) is 0 Å². The van der Waals surface area contributed by atoms with Crippen molar-refractivity contribution < 1.29 is 4.79 Å². The van der Waals surface area contributed by atoms with Crippen molar-refractivity contribution in [3.8, 4) is 0 Å². The fraction of sp³-hybridized carbons (Fsp3) is 0.417. The van der Waals surface area contributed by atoms with Crippen LogP contribution < -0.4 is 0 Å². The Bertz CT molecular complexity index is 444. The fourth-order valence-corrected chi connectivity index (χ4v) is 2.37. The van der Waals surface area contributed by atoms with Crippen LogP contribution in [0.25, 0.3) is 0 Å². The molecule has 1 aliphatic rings. The van der Waals surface area contributed by atoms with Crippen LogP contribution in [0.15, 0.2) is 22.7 Å². The summed E-state index contributed by atoms with van der Waals surface area (Å²) in [6.45, 7) is 1.57. The maximum Gasteiger partial charge on any atom is 0.255 e. The summed E-state index contributed by atoms with van der Waals surface area (Å²) in [5, 5.41) is 0.584. The van der Waals surface area contributed by atoms with E-state index < -0.39 is 0 Å². The van der Waals surface area contributed by atoms with Crippen molar-refractivity contribution in [2.45, 2.75) is 6.04 Å². The second-order valence-electron chi connectivity index (χ2n) is 4.45. The van der Waals surface area contributed by atoms with E-state index in [0.29, 0.717) is 16.6 Å². The van der Waals surface area contributed by atoms with Crippen LogP contribution in [-0.4, -0.2) is 48.9 Å². The molecule has 1 heterocycles. The Hall–Kier alpha value is -0.580. The lowest BCUT2D eigenvalue weighted by atomic mass is 10.1. The van der Waals surface area contributed by atoms with Gasteiger partial charge in [0.25, 0.3) is 5.91 Å². The normalized spacial score (nSPS) is 16.2. The molecule has 1 aliphatic heterocycles. The van der Waals surface area contributed by atoms with E-state index in [1.165, 1.54) is 0 Å². The number of hydrogen-bond donors (Lipinski definition) is 0. The zero-order valence-corrected chi connectivity index (χ0v) is 12.1. The predicted octanol–water partition coefficient (Wildman–Crippen LogP) is 2.49. The summed E-state index contributed by atoms with van der Waals surface area (Å²) in [5.41, 5.74) is 0.634. The first-order chi connectivity index (χ1) is 7.99. The Morgan fingerprint density at radius 3 is 2.71 bits per heavy atom. The van der Waals surface area contributed by atoms with E-state index in [2.05, 4.69) is 20.8 Å². The molecule has 1 aromatic carbocycles. The minimum atomic E-state index is 0.0393. The Morgan fingerprint density at radius 2 is 2.12 bits per heavy atom. The molecule has 0 saturated carbocycles. The fourth-order valence-electron chi connectivity index (χ4n) is 1.78. The monoisotopic (exact) mass is 316 g/mol. The van der Waals surface area contributed by atoms with Gasteiger partial charge in [-0.05, 0) is 48.2 Å². The number of amides is 1. The first-order valence-electron chi connectivity index (χ1n) is 5.40. The van der Waals surface area contributed by atoms with Crippen LogP contribution in [0.4, 0.5) is 0 Å². The molecule has 3 nitrogen and oxygen atoms in total. The Balaban J connectivity index is 2.09. The molecule has 1 fully saturated rings. The highest BCUT2D eigenvalue weighted by molar-refractivity contribution is 9.10. The maximum atomic E-state index is 12.2. The zero-order valence-electron chi connectivity index (χ0n) is 9.78. The second-order valence-corrected chi connectivity index (χ2v) is 5.74. The van der Waals surface area contributed by atoms with Crippen LogP contribution in [0.5, 0.6) is 0 Å². The summed E-state index contributed by atoms with van der Waals surface area (Å²) >= 11 is 9.29. The first kappa shape index (κ1) is 12.9. The van der Waals surface area contributed by atoms with Gasteiger partial charge in [0.05, 0.1) is 5.56 Å². The number of halogens is 2. The van der Waals surface area contributed by atoms with Crippen molar-refractivity contribution in [3.63, 3.8) is 0 Å². The van der Waals surface area contributed by atoms with E-state index in [-0.39, 0.29) is 5.91 Å². The number of likely N-dealkylation sites (tertiary alicyclic amines) is 1. The number of benzene rings is 1. The molecule has 0 N–H and O–H groups in total. The highest BCUT2D eigenvalue weighted by Crippen LogP contribution is 2.25. The van der Waals surface area contributed by atoms with Crippen LogP contribution in [0, 0.1) is 0 Å². The third kappa shape index (κ3) is 2.64. The minimum absolute atomic E-state index is 0.0393. The summed E-state index contributed by atoms with van der Waals surface area (Å²) < 4.78 is 0.792. The summed E-state index contributed by atoms with van der Waals surface area (Å²) in [4.78, 5) is 16.2. The summed E-state index contributed by atoms with van der Waals surface area (Å²) in [6, 6.07) is 5.74. The molecule has 0 spiro atoms. The van der Waals surface area contributed by atoms with Gasteiger partial charge >= 0.3 is 0 Å². The zero-order chi connectivity index (χ0) is 12.6. The topological polar surface area (TPSA) is 23.6 Å². The van der Waals surface area contributed by atoms with Crippen LogP contribution in [-0.2, 0) is 0 Å². The van der Waals surface area contributed by atoms with Gasteiger partial charge in [0, 0.05) is 28.6 Å². The van der Waals surface area contributed by atoms with E-state index >= 15 is 0 Å². The van der Waals surface area contributed by atoms with Gasteiger partial charge in [0.15, 0.2) is 0 Å². The van der Waals surface area contributed by atoms with Crippen molar-refractivity contribution >= 4 is 33.4 Å². The van der Waals surface area contributed by atoms with Crippen LogP contribution in [0.2, 0.25) is 5.02 Å². The molecule has 92 valence electrons. The molecule has 5 heteroatoms. The van der Waals surface area contributed by atoms with Crippen LogP contribution in [0.3, 0.4) is 0 Å². The number of likely N-dealkylation sites (N-methyl/N-ethyl adjacent to an activating group) is 1. The van der Waals surface area contributed by atoms with Gasteiger partial charge in [-0.25, -0.2) is 0 Å². The van der Waals surface area contributed by atoms with Gasteiger partial charge in [0.1, 0.15) is 0 Å². The Morgan fingerprint density at radius 1 is 1.47 bits per heavy atom. The van der Waals surface area contributed by atoms with Crippen LogP contribution >= 0.6 is 27.5 Å². The van der Waals surface area contributed by atoms with E-state index in [1.807, 2.05) is 19.0 Å². The lowest BCUT2D eigenvalue weighted by molar-refractivity contribution is 0.0398. The third-order valence-corrected chi connectivity index (χ3v) is 3.97. The number of nitrogens with zero attached hydrogens (tertiary/aromatic N) is 2. The van der Waals surface area contributed by atoms with Crippen molar-refractivity contribution in [2.24, 2.45) is 0 Å². The molecule has 0 radical (unpaired) electrons. The summed E-state index contributed by atoms with van der Waals surface area (Å²) in [7, 11) is 4.06. The smallest absolute Gasteiger partial charge is 0.255 e. The first-order valence-corrected chi connectivity index (χ1v) is 6.57. The van der Waals surface area contributed by atoms with Gasteiger partial charge < -0.3 is 9.80 Å². The Labute approximate surface area is 114 Å². The maximum absolute atomic E-state index is 12.2. The molecule has 0 unspecified atom stereocenters. The molecule has 0 atom stereocenters. The average Bonchev–Trinajstić information content (AvgIpc) is 2.18. The van der Waals surface area contributed by atoms with Crippen molar-refractivity contribution in [1.82, 2.24) is 9.80 Å². The molecule has 1 saturated heterocycles. The second kappa shape index (κ2) is 4.96.